The molecule has 0 aliphatic heterocycles. The standard InChI is InChI=1S/C19H15N5/c1-11-6-7-15-16(11)17(18-19(20)22-10-23-24(15)18)13-8-12-4-2-3-5-14(12)21-9-13/h2-5,8-10H,1,6-7H2,(H2,20,22,23). The quantitative estimate of drug-likeness (QED) is 0.584. The van der Waals surface area contributed by atoms with E-state index in [2.05, 4.69) is 33.8 Å². The number of anilines is 1. The van der Waals surface area contributed by atoms with Gasteiger partial charge in [0, 0.05) is 28.3 Å². The van der Waals surface area contributed by atoms with Gasteiger partial charge in [0.25, 0.3) is 0 Å². The number of allylic oxidation sites excluding steroid dienone is 1. The van der Waals surface area contributed by atoms with Gasteiger partial charge in [-0.3, -0.25) is 4.98 Å². The molecule has 0 saturated heterocycles. The van der Waals surface area contributed by atoms with Crippen LogP contribution in [-0.2, 0) is 6.42 Å². The van der Waals surface area contributed by atoms with Crippen LogP contribution < -0.4 is 5.73 Å². The van der Waals surface area contributed by atoms with Crippen LogP contribution >= 0.6 is 0 Å². The van der Waals surface area contributed by atoms with Crippen LogP contribution in [0.25, 0.3) is 33.1 Å². The molecule has 3 heterocycles. The summed E-state index contributed by atoms with van der Waals surface area (Å²) in [7, 11) is 0. The van der Waals surface area contributed by atoms with E-state index in [4.69, 9.17) is 5.73 Å². The van der Waals surface area contributed by atoms with Crippen LogP contribution in [-0.4, -0.2) is 19.6 Å². The molecule has 1 aliphatic carbocycles. The molecule has 0 spiro atoms. The van der Waals surface area contributed by atoms with Gasteiger partial charge >= 0.3 is 0 Å². The first-order chi connectivity index (χ1) is 11.7. The molecule has 3 aromatic heterocycles. The molecule has 116 valence electrons. The van der Waals surface area contributed by atoms with Crippen molar-refractivity contribution in [1.29, 1.82) is 0 Å². The Bertz CT molecular complexity index is 1140. The van der Waals surface area contributed by atoms with Crippen molar-refractivity contribution in [3.8, 4) is 11.1 Å². The molecule has 1 aliphatic rings. The fraction of sp³-hybridized carbons (Fsp3) is 0.105. The Balaban J connectivity index is 1.91. The van der Waals surface area contributed by atoms with E-state index < -0.39 is 0 Å². The summed E-state index contributed by atoms with van der Waals surface area (Å²) in [4.78, 5) is 8.79. The molecular weight excluding hydrogens is 298 g/mol. The third-order valence-corrected chi connectivity index (χ3v) is 4.75. The maximum Gasteiger partial charge on any atom is 0.152 e. The lowest BCUT2D eigenvalue weighted by molar-refractivity contribution is 0.837. The van der Waals surface area contributed by atoms with Crippen LogP contribution in [0.15, 0.2) is 49.4 Å². The van der Waals surface area contributed by atoms with Gasteiger partial charge < -0.3 is 5.73 Å². The normalized spacial score (nSPS) is 13.8. The van der Waals surface area contributed by atoms with Crippen LogP contribution in [0.5, 0.6) is 0 Å². The summed E-state index contributed by atoms with van der Waals surface area (Å²) in [6.45, 7) is 4.25. The van der Waals surface area contributed by atoms with Gasteiger partial charge in [0.15, 0.2) is 5.82 Å². The Morgan fingerprint density at radius 2 is 1.96 bits per heavy atom. The second-order valence-corrected chi connectivity index (χ2v) is 6.12. The van der Waals surface area contributed by atoms with Crippen LogP contribution in [0.2, 0.25) is 0 Å². The number of fused-ring (bicyclic) bond motifs is 4. The van der Waals surface area contributed by atoms with Gasteiger partial charge in [-0.2, -0.15) is 5.10 Å². The van der Waals surface area contributed by atoms with E-state index in [0.29, 0.717) is 5.82 Å². The van der Waals surface area contributed by atoms with Crippen molar-refractivity contribution in [2.24, 2.45) is 0 Å². The molecule has 5 heteroatoms. The minimum atomic E-state index is 0.482. The van der Waals surface area contributed by atoms with Crippen molar-refractivity contribution in [2.75, 3.05) is 5.73 Å². The predicted molar refractivity (Wildman–Crippen MR) is 95.5 cm³/mol. The molecule has 0 bridgehead atoms. The summed E-state index contributed by atoms with van der Waals surface area (Å²) >= 11 is 0. The van der Waals surface area contributed by atoms with E-state index in [1.807, 2.05) is 28.9 Å². The number of nitrogens with zero attached hydrogens (tertiary/aromatic N) is 4. The van der Waals surface area contributed by atoms with Crippen LogP contribution in [0.1, 0.15) is 17.7 Å². The Labute approximate surface area is 138 Å². The molecule has 0 saturated carbocycles. The second-order valence-electron chi connectivity index (χ2n) is 6.12. The largest absolute Gasteiger partial charge is 0.382 e. The lowest BCUT2D eigenvalue weighted by atomic mass is 9.99. The summed E-state index contributed by atoms with van der Waals surface area (Å²) in [5.74, 6) is 0.482. The minimum Gasteiger partial charge on any atom is -0.382 e. The Hall–Kier alpha value is -3.21. The number of rotatable bonds is 1. The zero-order chi connectivity index (χ0) is 16.3. The summed E-state index contributed by atoms with van der Waals surface area (Å²) < 4.78 is 1.92. The van der Waals surface area contributed by atoms with Crippen molar-refractivity contribution in [3.63, 3.8) is 0 Å². The van der Waals surface area contributed by atoms with E-state index in [-0.39, 0.29) is 0 Å². The average Bonchev–Trinajstić information content (AvgIpc) is 3.14. The third kappa shape index (κ3) is 1.66. The molecule has 2 N–H and O–H groups in total. The van der Waals surface area contributed by atoms with E-state index in [9.17, 15) is 0 Å². The van der Waals surface area contributed by atoms with E-state index in [1.165, 1.54) is 6.33 Å². The van der Waals surface area contributed by atoms with Gasteiger partial charge in [0.1, 0.15) is 11.8 Å². The zero-order valence-electron chi connectivity index (χ0n) is 13.0. The number of para-hydroxylation sites is 1. The molecule has 0 amide bonds. The number of pyridine rings is 1. The molecule has 5 nitrogen and oxygen atoms in total. The van der Waals surface area contributed by atoms with E-state index in [1.54, 1.807) is 0 Å². The number of hydrogen-bond acceptors (Lipinski definition) is 4. The summed E-state index contributed by atoms with van der Waals surface area (Å²) in [5.41, 5.74) is 13.5. The maximum absolute atomic E-state index is 6.19. The molecule has 0 fully saturated rings. The minimum absolute atomic E-state index is 0.482. The fourth-order valence-corrected chi connectivity index (χ4v) is 3.67. The Morgan fingerprint density at radius 1 is 1.08 bits per heavy atom. The van der Waals surface area contributed by atoms with Crippen LogP contribution in [0.4, 0.5) is 5.82 Å². The second kappa shape index (κ2) is 4.64. The number of benzene rings is 1. The number of nitrogen functional groups attached to an aromatic ring is 1. The van der Waals surface area contributed by atoms with Crippen molar-refractivity contribution < 1.29 is 0 Å². The molecule has 5 rings (SSSR count). The van der Waals surface area contributed by atoms with Crippen molar-refractivity contribution in [1.82, 2.24) is 19.6 Å². The van der Waals surface area contributed by atoms with E-state index >= 15 is 0 Å². The van der Waals surface area contributed by atoms with Crippen molar-refractivity contribution in [2.45, 2.75) is 12.8 Å². The highest BCUT2D eigenvalue weighted by atomic mass is 15.3. The summed E-state index contributed by atoms with van der Waals surface area (Å²) in [5, 5.41) is 5.52. The van der Waals surface area contributed by atoms with Crippen LogP contribution in [0.3, 0.4) is 0 Å². The highest BCUT2D eigenvalue weighted by Crippen LogP contribution is 2.44. The highest BCUT2D eigenvalue weighted by molar-refractivity contribution is 5.99. The smallest absolute Gasteiger partial charge is 0.152 e. The zero-order valence-corrected chi connectivity index (χ0v) is 13.0. The predicted octanol–water partition coefficient (Wildman–Crippen LogP) is 3.49. The number of nitrogens with two attached hydrogens (primary N) is 1. The van der Waals surface area contributed by atoms with Crippen molar-refractivity contribution in [3.05, 3.63) is 60.7 Å². The molecule has 1 aromatic carbocycles. The van der Waals surface area contributed by atoms with Gasteiger partial charge in [-0.15, -0.1) is 0 Å². The monoisotopic (exact) mass is 313 g/mol. The first-order valence-electron chi connectivity index (χ1n) is 7.91. The molecule has 0 radical (unpaired) electrons. The maximum atomic E-state index is 6.19. The average molecular weight is 313 g/mol. The lowest BCUT2D eigenvalue weighted by Gasteiger charge is -2.07. The fourth-order valence-electron chi connectivity index (χ4n) is 3.67. The molecule has 0 atom stereocenters. The van der Waals surface area contributed by atoms with Gasteiger partial charge in [0.05, 0.1) is 11.2 Å². The Kier molecular flexibility index (Phi) is 2.56. The molecule has 0 unspecified atom stereocenters. The van der Waals surface area contributed by atoms with Crippen molar-refractivity contribution >= 4 is 27.8 Å². The van der Waals surface area contributed by atoms with E-state index in [0.717, 1.165) is 57.2 Å². The summed E-state index contributed by atoms with van der Waals surface area (Å²) in [6.07, 6.45) is 5.28. The molecule has 4 aromatic rings. The number of aryl methyl sites for hydroxylation is 1. The molecule has 24 heavy (non-hydrogen) atoms. The first-order valence-corrected chi connectivity index (χ1v) is 7.91. The van der Waals surface area contributed by atoms with Gasteiger partial charge in [0.2, 0.25) is 0 Å². The van der Waals surface area contributed by atoms with Gasteiger partial charge in [-0.05, 0) is 30.5 Å². The molecular formula is C19H15N5. The highest BCUT2D eigenvalue weighted by Gasteiger charge is 2.28. The number of hydrogen-bond donors (Lipinski definition) is 1. The van der Waals surface area contributed by atoms with Gasteiger partial charge in [-0.25, -0.2) is 9.50 Å². The van der Waals surface area contributed by atoms with Gasteiger partial charge in [-0.1, -0.05) is 24.8 Å². The number of aromatic nitrogens is 4. The first kappa shape index (κ1) is 13.2. The lowest BCUT2D eigenvalue weighted by Crippen LogP contribution is -2.01. The summed E-state index contributed by atoms with van der Waals surface area (Å²) in [6, 6.07) is 10.2. The topological polar surface area (TPSA) is 69.1 Å². The third-order valence-electron chi connectivity index (χ3n) is 4.75. The van der Waals surface area contributed by atoms with Crippen LogP contribution in [0, 0.1) is 0 Å². The Morgan fingerprint density at radius 3 is 2.88 bits per heavy atom. The SMILES string of the molecule is C=C1CCc2c1c(-c1cnc3ccccc3c1)c1c(N)ncnn21.